The number of H-pyrrole nitrogens is 1. The lowest BCUT2D eigenvalue weighted by molar-refractivity contribution is -0.227. The van der Waals surface area contributed by atoms with Crippen LogP contribution in [0, 0.1) is 0 Å². The summed E-state index contributed by atoms with van der Waals surface area (Å²) in [5.41, 5.74) is -2.58. The third-order valence-electron chi connectivity index (χ3n) is 5.83. The molecule has 4 rings (SSSR count). The summed E-state index contributed by atoms with van der Waals surface area (Å²) >= 11 is 0. The number of hydrogen-bond donors (Lipinski definition) is 3. The number of rotatable bonds is 9. The SMILES string of the molecule is COC(=O)[C@H](C)NP(=O)(OCC1OC(n2ccc(=O)[nH]c2=O)[C@]2(CCO2)[C@@H]1O)Oc1ccccc1. The smallest absolute Gasteiger partial charge is 0.459 e. The van der Waals surface area contributed by atoms with Gasteiger partial charge in [-0.2, -0.15) is 5.09 Å². The Kier molecular flexibility index (Phi) is 7.27. The molecule has 1 aromatic heterocycles. The van der Waals surface area contributed by atoms with Gasteiger partial charge in [0, 0.05) is 18.7 Å². The molecular formula is C21H26N3O10P. The molecule has 0 aliphatic carbocycles. The molecule has 3 unspecified atom stereocenters. The van der Waals surface area contributed by atoms with Crippen LogP contribution in [-0.2, 0) is 28.1 Å². The minimum atomic E-state index is -4.18. The molecule has 2 saturated heterocycles. The zero-order chi connectivity index (χ0) is 25.2. The maximum absolute atomic E-state index is 13.5. The van der Waals surface area contributed by atoms with Gasteiger partial charge in [-0.25, -0.2) is 9.36 Å². The largest absolute Gasteiger partial charge is 0.468 e. The van der Waals surface area contributed by atoms with Gasteiger partial charge in [0.15, 0.2) is 6.23 Å². The van der Waals surface area contributed by atoms with E-state index in [1.54, 1.807) is 30.3 Å². The van der Waals surface area contributed by atoms with Crippen molar-refractivity contribution in [2.75, 3.05) is 20.3 Å². The average molecular weight is 511 g/mol. The number of aliphatic hydroxyl groups is 1. The van der Waals surface area contributed by atoms with Crippen LogP contribution < -0.4 is 20.9 Å². The number of carbonyl (C=O) groups excluding carboxylic acids is 1. The molecule has 190 valence electrons. The third-order valence-corrected chi connectivity index (χ3v) is 7.47. The fraction of sp³-hybridized carbons (Fsp3) is 0.476. The highest BCUT2D eigenvalue weighted by Gasteiger charge is 2.62. The Morgan fingerprint density at radius 2 is 2.06 bits per heavy atom. The summed E-state index contributed by atoms with van der Waals surface area (Å²) < 4.78 is 42.0. The van der Waals surface area contributed by atoms with Crippen molar-refractivity contribution < 1.29 is 37.7 Å². The minimum Gasteiger partial charge on any atom is -0.468 e. The molecule has 1 spiro atoms. The van der Waals surface area contributed by atoms with Crippen LogP contribution in [0.25, 0.3) is 0 Å². The zero-order valence-corrected chi connectivity index (χ0v) is 19.9. The second-order valence-corrected chi connectivity index (χ2v) is 9.81. The van der Waals surface area contributed by atoms with Crippen LogP contribution in [0.3, 0.4) is 0 Å². The van der Waals surface area contributed by atoms with Crippen molar-refractivity contribution in [3.63, 3.8) is 0 Å². The van der Waals surface area contributed by atoms with Crippen LogP contribution in [0.1, 0.15) is 19.6 Å². The summed E-state index contributed by atoms with van der Waals surface area (Å²) in [6, 6.07) is 8.28. The van der Waals surface area contributed by atoms with Crippen molar-refractivity contribution in [3.05, 3.63) is 63.4 Å². The summed E-state index contributed by atoms with van der Waals surface area (Å²) in [6.07, 6.45) is -1.80. The maximum atomic E-state index is 13.5. The molecule has 0 amide bonds. The molecule has 2 aromatic rings. The molecule has 2 aliphatic heterocycles. The van der Waals surface area contributed by atoms with Gasteiger partial charge in [0.05, 0.1) is 20.3 Å². The third kappa shape index (κ3) is 5.10. The number of aromatic nitrogens is 2. The summed E-state index contributed by atoms with van der Waals surface area (Å²) in [5, 5.41) is 13.5. The zero-order valence-electron chi connectivity index (χ0n) is 19.0. The van der Waals surface area contributed by atoms with Crippen molar-refractivity contribution in [1.82, 2.24) is 14.6 Å². The van der Waals surface area contributed by atoms with Crippen LogP contribution in [0.4, 0.5) is 0 Å². The predicted molar refractivity (Wildman–Crippen MR) is 120 cm³/mol. The summed E-state index contributed by atoms with van der Waals surface area (Å²) in [5.74, 6) is -0.480. The molecule has 6 atom stereocenters. The van der Waals surface area contributed by atoms with E-state index in [9.17, 15) is 24.1 Å². The van der Waals surface area contributed by atoms with Crippen molar-refractivity contribution >= 4 is 13.7 Å². The molecule has 2 aliphatic rings. The molecule has 13 nitrogen and oxygen atoms in total. The van der Waals surface area contributed by atoms with Crippen LogP contribution >= 0.6 is 7.75 Å². The van der Waals surface area contributed by atoms with Crippen molar-refractivity contribution in [2.24, 2.45) is 0 Å². The van der Waals surface area contributed by atoms with Gasteiger partial charge in [0.2, 0.25) is 0 Å². The average Bonchev–Trinajstić information content (AvgIpc) is 3.10. The fourth-order valence-corrected chi connectivity index (χ4v) is 5.48. The first-order chi connectivity index (χ1) is 16.7. The highest BCUT2D eigenvalue weighted by molar-refractivity contribution is 7.52. The highest BCUT2D eigenvalue weighted by atomic mass is 31.2. The van der Waals surface area contributed by atoms with Gasteiger partial charge < -0.3 is 23.8 Å². The Morgan fingerprint density at radius 1 is 1.34 bits per heavy atom. The molecule has 3 heterocycles. The Balaban J connectivity index is 1.55. The lowest BCUT2D eigenvalue weighted by atomic mass is 9.86. The van der Waals surface area contributed by atoms with Crippen molar-refractivity contribution in [1.29, 1.82) is 0 Å². The number of aromatic amines is 1. The molecule has 0 radical (unpaired) electrons. The monoisotopic (exact) mass is 511 g/mol. The van der Waals surface area contributed by atoms with Gasteiger partial charge in [0.1, 0.15) is 29.6 Å². The molecule has 14 heteroatoms. The van der Waals surface area contributed by atoms with Crippen molar-refractivity contribution in [2.45, 2.75) is 43.4 Å². The molecule has 0 bridgehead atoms. The molecule has 3 N–H and O–H groups in total. The number of methoxy groups -OCH3 is 1. The van der Waals surface area contributed by atoms with Gasteiger partial charge in [-0.3, -0.25) is 23.7 Å². The number of hydrogen-bond acceptors (Lipinski definition) is 10. The summed E-state index contributed by atoms with van der Waals surface area (Å²) in [7, 11) is -3.00. The number of benzene rings is 1. The standard InChI is InChI=1S/C21H26N3O10P/c1-13(18(27)30-2)23-35(29,34-14-6-4-3-5-7-14)32-12-15-17(26)21(9-11-31-21)19(33-15)24-10-8-16(25)22-20(24)28/h3-8,10,13,15,17,19,26H,9,11-12H2,1-2H3,(H,23,29)(H,22,25,28)/t13-,15?,17+,19?,21-,35?/m0/s1. The van der Waals surface area contributed by atoms with E-state index in [1.165, 1.54) is 20.2 Å². The Bertz CT molecular complexity index is 1210. The first-order valence-electron chi connectivity index (χ1n) is 10.8. The van der Waals surface area contributed by atoms with Crippen LogP contribution in [0.15, 0.2) is 52.2 Å². The van der Waals surface area contributed by atoms with E-state index in [2.05, 4.69) is 14.8 Å². The Morgan fingerprint density at radius 3 is 2.66 bits per heavy atom. The number of esters is 1. The molecule has 0 saturated carbocycles. The summed E-state index contributed by atoms with van der Waals surface area (Å²) in [6.45, 7) is 1.31. The van der Waals surface area contributed by atoms with Crippen LogP contribution in [0.5, 0.6) is 5.75 Å². The van der Waals surface area contributed by atoms with E-state index >= 15 is 0 Å². The second kappa shape index (κ2) is 10.1. The van der Waals surface area contributed by atoms with Crippen LogP contribution in [-0.4, -0.2) is 64.8 Å². The predicted octanol–water partition coefficient (Wildman–Crippen LogP) is 0.309. The topological polar surface area (TPSA) is 167 Å². The van der Waals surface area contributed by atoms with E-state index in [0.29, 0.717) is 13.0 Å². The lowest BCUT2D eigenvalue weighted by Crippen LogP contribution is -2.57. The fourth-order valence-electron chi connectivity index (χ4n) is 3.97. The highest BCUT2D eigenvalue weighted by Crippen LogP contribution is 2.50. The Labute approximate surface area is 199 Å². The van der Waals surface area contributed by atoms with E-state index in [0.717, 1.165) is 10.6 Å². The van der Waals surface area contributed by atoms with Gasteiger partial charge >= 0.3 is 19.4 Å². The van der Waals surface area contributed by atoms with E-state index < -0.39 is 61.7 Å². The number of para-hydroxylation sites is 1. The van der Waals surface area contributed by atoms with E-state index in [-0.39, 0.29) is 5.75 Å². The second-order valence-electron chi connectivity index (χ2n) is 8.11. The van der Waals surface area contributed by atoms with Crippen molar-refractivity contribution in [3.8, 4) is 5.75 Å². The first-order valence-corrected chi connectivity index (χ1v) is 12.4. The molecular weight excluding hydrogens is 485 g/mol. The lowest BCUT2D eigenvalue weighted by Gasteiger charge is -2.44. The van der Waals surface area contributed by atoms with Gasteiger partial charge in [-0.15, -0.1) is 0 Å². The molecule has 35 heavy (non-hydrogen) atoms. The van der Waals surface area contributed by atoms with Crippen LogP contribution in [0.2, 0.25) is 0 Å². The number of ether oxygens (including phenoxy) is 3. The van der Waals surface area contributed by atoms with Gasteiger partial charge in [0.25, 0.3) is 5.56 Å². The number of nitrogens with one attached hydrogen (secondary N) is 2. The van der Waals surface area contributed by atoms with E-state index in [1.807, 2.05) is 0 Å². The van der Waals surface area contributed by atoms with Gasteiger partial charge in [-0.05, 0) is 19.1 Å². The summed E-state index contributed by atoms with van der Waals surface area (Å²) in [4.78, 5) is 37.8. The maximum Gasteiger partial charge on any atom is 0.459 e. The van der Waals surface area contributed by atoms with E-state index in [4.69, 9.17) is 18.5 Å². The van der Waals surface area contributed by atoms with Gasteiger partial charge in [-0.1, -0.05) is 18.2 Å². The molecule has 1 aromatic carbocycles. The number of carbonyl (C=O) groups is 1. The quantitative estimate of drug-likeness (QED) is 0.313. The Hall–Kier alpha value is -2.80. The first kappa shape index (κ1) is 25.3. The number of aliphatic hydroxyl groups excluding tert-OH is 1. The number of nitrogens with zero attached hydrogens (tertiary/aromatic N) is 1. The normalized spacial score (nSPS) is 28.1. The minimum absolute atomic E-state index is 0.213. The molecule has 2 fully saturated rings.